The van der Waals surface area contributed by atoms with E-state index >= 15 is 0 Å². The SMILES string of the molecule is CNc1c(F)cccc1C(=O)NCc1ncc(C)s1. The predicted octanol–water partition coefficient (Wildman–Crippen LogP) is 2.56. The van der Waals surface area contributed by atoms with Crippen molar-refractivity contribution < 1.29 is 9.18 Å². The lowest BCUT2D eigenvalue weighted by Gasteiger charge is -2.09. The number of amides is 1. The first-order valence-corrected chi connectivity index (χ1v) is 6.59. The molecule has 100 valence electrons. The number of rotatable bonds is 4. The summed E-state index contributed by atoms with van der Waals surface area (Å²) in [6.45, 7) is 2.30. The summed E-state index contributed by atoms with van der Waals surface area (Å²) >= 11 is 1.52. The standard InChI is InChI=1S/C13H14FN3OS/c1-8-6-16-11(19-8)7-17-13(18)9-4-3-5-10(14)12(9)15-2/h3-6,15H,7H2,1-2H3,(H,17,18). The van der Waals surface area contributed by atoms with Gasteiger partial charge in [0, 0.05) is 18.1 Å². The summed E-state index contributed by atoms with van der Waals surface area (Å²) in [4.78, 5) is 17.3. The van der Waals surface area contributed by atoms with E-state index in [1.807, 2.05) is 6.92 Å². The molecule has 19 heavy (non-hydrogen) atoms. The molecule has 2 aromatic rings. The maximum atomic E-state index is 13.5. The molecule has 0 aliphatic heterocycles. The Kier molecular flexibility index (Phi) is 4.11. The van der Waals surface area contributed by atoms with Crippen LogP contribution < -0.4 is 10.6 Å². The zero-order valence-electron chi connectivity index (χ0n) is 10.7. The van der Waals surface area contributed by atoms with E-state index in [0.717, 1.165) is 9.88 Å². The summed E-state index contributed by atoms with van der Waals surface area (Å²) in [7, 11) is 1.58. The molecule has 0 atom stereocenters. The van der Waals surface area contributed by atoms with Gasteiger partial charge in [0.2, 0.25) is 0 Å². The highest BCUT2D eigenvalue weighted by Crippen LogP contribution is 2.19. The molecule has 0 spiro atoms. The number of nitrogens with zero attached hydrogens (tertiary/aromatic N) is 1. The fourth-order valence-electron chi connectivity index (χ4n) is 1.70. The molecule has 1 aromatic carbocycles. The van der Waals surface area contributed by atoms with Crippen LogP contribution in [0.3, 0.4) is 0 Å². The Hall–Kier alpha value is -1.95. The lowest BCUT2D eigenvalue weighted by atomic mass is 10.1. The Balaban J connectivity index is 2.10. The molecule has 0 radical (unpaired) electrons. The molecule has 0 bridgehead atoms. The topological polar surface area (TPSA) is 54.0 Å². The minimum Gasteiger partial charge on any atom is -0.385 e. The minimum absolute atomic E-state index is 0.204. The fraction of sp³-hybridized carbons (Fsp3) is 0.231. The molecule has 0 saturated heterocycles. The number of hydrogen-bond donors (Lipinski definition) is 2. The van der Waals surface area contributed by atoms with E-state index in [-0.39, 0.29) is 17.2 Å². The number of anilines is 1. The van der Waals surface area contributed by atoms with Crippen LogP contribution in [0.15, 0.2) is 24.4 Å². The molecule has 1 heterocycles. The second kappa shape index (κ2) is 5.79. The summed E-state index contributed by atoms with van der Waals surface area (Å²) in [5, 5.41) is 6.26. The van der Waals surface area contributed by atoms with E-state index in [2.05, 4.69) is 15.6 Å². The third-order valence-electron chi connectivity index (χ3n) is 2.58. The van der Waals surface area contributed by atoms with Crippen LogP contribution in [0.1, 0.15) is 20.2 Å². The number of carbonyl (C=O) groups excluding carboxylic acids is 1. The van der Waals surface area contributed by atoms with Crippen molar-refractivity contribution in [1.82, 2.24) is 10.3 Å². The van der Waals surface area contributed by atoms with Crippen molar-refractivity contribution in [2.24, 2.45) is 0 Å². The highest BCUT2D eigenvalue weighted by Gasteiger charge is 2.14. The van der Waals surface area contributed by atoms with Gasteiger partial charge in [-0.15, -0.1) is 11.3 Å². The van der Waals surface area contributed by atoms with Crippen LogP contribution in [-0.2, 0) is 6.54 Å². The Labute approximate surface area is 114 Å². The summed E-state index contributed by atoms with van der Waals surface area (Å²) in [6.07, 6.45) is 1.76. The maximum Gasteiger partial charge on any atom is 0.253 e. The normalized spacial score (nSPS) is 10.3. The van der Waals surface area contributed by atoms with E-state index in [0.29, 0.717) is 6.54 Å². The second-order valence-corrected chi connectivity index (χ2v) is 5.28. The first-order valence-electron chi connectivity index (χ1n) is 5.77. The van der Waals surface area contributed by atoms with E-state index in [9.17, 15) is 9.18 Å². The van der Waals surface area contributed by atoms with Crippen molar-refractivity contribution in [1.29, 1.82) is 0 Å². The summed E-state index contributed by atoms with van der Waals surface area (Å²) in [5.41, 5.74) is 0.492. The van der Waals surface area contributed by atoms with Gasteiger partial charge in [0.05, 0.1) is 17.8 Å². The van der Waals surface area contributed by atoms with Crippen LogP contribution in [0, 0.1) is 12.7 Å². The molecule has 1 amide bonds. The largest absolute Gasteiger partial charge is 0.385 e. The molecule has 0 fully saturated rings. The lowest BCUT2D eigenvalue weighted by molar-refractivity contribution is 0.0951. The first-order chi connectivity index (χ1) is 9.11. The summed E-state index contributed by atoms with van der Waals surface area (Å²) < 4.78 is 13.5. The highest BCUT2D eigenvalue weighted by atomic mass is 32.1. The smallest absolute Gasteiger partial charge is 0.253 e. The van der Waals surface area contributed by atoms with Gasteiger partial charge in [-0.2, -0.15) is 0 Å². The third kappa shape index (κ3) is 3.08. The van der Waals surface area contributed by atoms with Crippen LogP contribution in [0.5, 0.6) is 0 Å². The van der Waals surface area contributed by atoms with Gasteiger partial charge in [-0.25, -0.2) is 9.37 Å². The number of aromatic nitrogens is 1. The van der Waals surface area contributed by atoms with Gasteiger partial charge in [0.15, 0.2) is 0 Å². The predicted molar refractivity (Wildman–Crippen MR) is 74.0 cm³/mol. The monoisotopic (exact) mass is 279 g/mol. The second-order valence-electron chi connectivity index (χ2n) is 3.96. The van der Waals surface area contributed by atoms with Crippen molar-refractivity contribution in [3.8, 4) is 0 Å². The van der Waals surface area contributed by atoms with Crippen LogP contribution >= 0.6 is 11.3 Å². The fourth-order valence-corrected chi connectivity index (χ4v) is 2.43. The van der Waals surface area contributed by atoms with Gasteiger partial charge in [0.1, 0.15) is 10.8 Å². The Morgan fingerprint density at radius 2 is 2.26 bits per heavy atom. The number of thiazole rings is 1. The van der Waals surface area contributed by atoms with E-state index < -0.39 is 5.82 Å². The number of halogens is 1. The zero-order chi connectivity index (χ0) is 13.8. The first kappa shape index (κ1) is 13.5. The summed E-state index contributed by atoms with van der Waals surface area (Å²) in [6, 6.07) is 4.41. The van der Waals surface area contributed by atoms with Gasteiger partial charge in [-0.1, -0.05) is 6.07 Å². The van der Waals surface area contributed by atoms with Crippen LogP contribution in [0.2, 0.25) is 0 Å². The molecule has 2 N–H and O–H groups in total. The lowest BCUT2D eigenvalue weighted by Crippen LogP contribution is -2.24. The number of hydrogen-bond acceptors (Lipinski definition) is 4. The number of nitrogens with one attached hydrogen (secondary N) is 2. The molecule has 2 rings (SSSR count). The number of carbonyl (C=O) groups is 1. The maximum absolute atomic E-state index is 13.5. The van der Waals surface area contributed by atoms with E-state index in [1.54, 1.807) is 19.3 Å². The Morgan fingerprint density at radius 3 is 2.89 bits per heavy atom. The van der Waals surface area contributed by atoms with Gasteiger partial charge in [0.25, 0.3) is 5.91 Å². The molecule has 0 aliphatic rings. The van der Waals surface area contributed by atoms with Gasteiger partial charge in [-0.3, -0.25) is 4.79 Å². The Morgan fingerprint density at radius 1 is 1.47 bits per heavy atom. The van der Waals surface area contributed by atoms with Crippen LogP contribution in [0.4, 0.5) is 10.1 Å². The van der Waals surface area contributed by atoms with E-state index in [1.165, 1.54) is 23.5 Å². The van der Waals surface area contributed by atoms with E-state index in [4.69, 9.17) is 0 Å². The van der Waals surface area contributed by atoms with Crippen molar-refractivity contribution in [3.63, 3.8) is 0 Å². The number of para-hydroxylation sites is 1. The Bertz CT molecular complexity index is 597. The van der Waals surface area contributed by atoms with Crippen LogP contribution in [-0.4, -0.2) is 17.9 Å². The molecule has 4 nitrogen and oxygen atoms in total. The number of benzene rings is 1. The molecular weight excluding hydrogens is 265 g/mol. The average Bonchev–Trinajstić information content (AvgIpc) is 2.81. The minimum atomic E-state index is -0.444. The van der Waals surface area contributed by atoms with Crippen molar-refractivity contribution in [2.45, 2.75) is 13.5 Å². The van der Waals surface area contributed by atoms with Crippen LogP contribution in [0.25, 0.3) is 0 Å². The number of aryl methyl sites for hydroxylation is 1. The van der Waals surface area contributed by atoms with Gasteiger partial charge >= 0.3 is 0 Å². The molecular formula is C13H14FN3OS. The average molecular weight is 279 g/mol. The van der Waals surface area contributed by atoms with Gasteiger partial charge in [-0.05, 0) is 19.1 Å². The zero-order valence-corrected chi connectivity index (χ0v) is 11.5. The highest BCUT2D eigenvalue weighted by molar-refractivity contribution is 7.11. The molecule has 0 aliphatic carbocycles. The molecule has 0 saturated carbocycles. The molecule has 6 heteroatoms. The van der Waals surface area contributed by atoms with Crippen molar-refractivity contribution >= 4 is 22.9 Å². The molecule has 1 aromatic heterocycles. The summed E-state index contributed by atoms with van der Waals surface area (Å²) in [5.74, 6) is -0.767. The molecule has 0 unspecified atom stereocenters. The van der Waals surface area contributed by atoms with Gasteiger partial charge < -0.3 is 10.6 Å². The quantitative estimate of drug-likeness (QED) is 0.904. The van der Waals surface area contributed by atoms with Crippen molar-refractivity contribution in [2.75, 3.05) is 12.4 Å². The third-order valence-corrected chi connectivity index (χ3v) is 3.49. The van der Waals surface area contributed by atoms with Crippen molar-refractivity contribution in [3.05, 3.63) is 45.7 Å².